The molecule has 0 aromatic heterocycles. The van der Waals surface area contributed by atoms with Gasteiger partial charge in [-0.25, -0.2) is 0 Å². The Morgan fingerprint density at radius 1 is 1.16 bits per heavy atom. The van der Waals surface area contributed by atoms with Crippen LogP contribution in [0.3, 0.4) is 0 Å². The number of amides is 2. The number of phenolic OH excluding ortho intramolecular Hbond substituents is 1. The Labute approximate surface area is 148 Å². The lowest BCUT2D eigenvalue weighted by Gasteiger charge is -2.36. The Kier molecular flexibility index (Phi) is 5.27. The maximum atomic E-state index is 12.8. The van der Waals surface area contributed by atoms with Crippen molar-refractivity contribution in [1.29, 1.82) is 0 Å². The monoisotopic (exact) mass is 346 g/mol. The number of ether oxygens (including phenoxy) is 1. The minimum atomic E-state index is -0.311. The van der Waals surface area contributed by atoms with Crippen molar-refractivity contribution in [1.82, 2.24) is 9.80 Å². The summed E-state index contributed by atoms with van der Waals surface area (Å²) in [6.45, 7) is 6.72. The van der Waals surface area contributed by atoms with Crippen LogP contribution in [0.1, 0.15) is 48.5 Å². The molecule has 6 heteroatoms. The molecule has 25 heavy (non-hydrogen) atoms. The molecule has 6 nitrogen and oxygen atoms in total. The van der Waals surface area contributed by atoms with Crippen molar-refractivity contribution < 1.29 is 19.4 Å². The number of rotatable bonds is 3. The standard InChI is InChI=1S/C19H26N2O4/c1-13(2)14-5-6-16(22)15(12-14)18(23)20-7-9-21(10-8-20)19(24)17-4-3-11-25-17/h5-6,12-13,17,22H,3-4,7-11H2,1-2H3/t17-/m0/s1. The number of piperazine rings is 1. The number of aromatic hydroxyl groups is 1. The summed E-state index contributed by atoms with van der Waals surface area (Å²) in [4.78, 5) is 28.6. The van der Waals surface area contributed by atoms with Gasteiger partial charge in [-0.3, -0.25) is 9.59 Å². The number of nitrogens with zero attached hydrogens (tertiary/aromatic N) is 2. The van der Waals surface area contributed by atoms with Gasteiger partial charge < -0.3 is 19.6 Å². The number of benzene rings is 1. The number of phenols is 1. The number of hydrogen-bond donors (Lipinski definition) is 1. The molecule has 2 fully saturated rings. The molecule has 0 unspecified atom stereocenters. The molecule has 2 aliphatic rings. The van der Waals surface area contributed by atoms with Crippen LogP contribution < -0.4 is 0 Å². The van der Waals surface area contributed by atoms with Crippen molar-refractivity contribution in [2.45, 2.75) is 38.7 Å². The zero-order valence-corrected chi connectivity index (χ0v) is 14.9. The lowest BCUT2D eigenvalue weighted by molar-refractivity contribution is -0.142. The Balaban J connectivity index is 1.63. The van der Waals surface area contributed by atoms with Crippen LogP contribution in [0.5, 0.6) is 5.75 Å². The van der Waals surface area contributed by atoms with E-state index >= 15 is 0 Å². The highest BCUT2D eigenvalue weighted by molar-refractivity contribution is 5.97. The van der Waals surface area contributed by atoms with Crippen LogP contribution >= 0.6 is 0 Å². The maximum absolute atomic E-state index is 12.8. The topological polar surface area (TPSA) is 70.1 Å². The van der Waals surface area contributed by atoms with Crippen LogP contribution in [0, 0.1) is 0 Å². The fourth-order valence-electron chi connectivity index (χ4n) is 3.36. The largest absolute Gasteiger partial charge is 0.507 e. The quantitative estimate of drug-likeness (QED) is 0.908. The average molecular weight is 346 g/mol. The van der Waals surface area contributed by atoms with E-state index in [1.54, 1.807) is 21.9 Å². The first-order valence-corrected chi connectivity index (χ1v) is 9.00. The molecular weight excluding hydrogens is 320 g/mol. The average Bonchev–Trinajstić information content (AvgIpc) is 3.15. The lowest BCUT2D eigenvalue weighted by atomic mass is 9.99. The van der Waals surface area contributed by atoms with Crippen LogP contribution in [0.25, 0.3) is 0 Å². The van der Waals surface area contributed by atoms with E-state index in [0.717, 1.165) is 18.4 Å². The molecule has 2 amide bonds. The van der Waals surface area contributed by atoms with E-state index in [9.17, 15) is 14.7 Å². The summed E-state index contributed by atoms with van der Waals surface area (Å²) < 4.78 is 5.46. The third-order valence-electron chi connectivity index (χ3n) is 5.00. The van der Waals surface area contributed by atoms with Crippen LogP contribution in [0.2, 0.25) is 0 Å². The van der Waals surface area contributed by atoms with Gasteiger partial charge in [0.25, 0.3) is 11.8 Å². The molecule has 2 saturated heterocycles. The first-order chi connectivity index (χ1) is 12.0. The van der Waals surface area contributed by atoms with E-state index < -0.39 is 0 Å². The van der Waals surface area contributed by atoms with E-state index in [4.69, 9.17) is 4.74 Å². The van der Waals surface area contributed by atoms with E-state index in [1.165, 1.54) is 0 Å². The van der Waals surface area contributed by atoms with E-state index in [2.05, 4.69) is 13.8 Å². The summed E-state index contributed by atoms with van der Waals surface area (Å²) in [7, 11) is 0. The molecular formula is C19H26N2O4. The van der Waals surface area contributed by atoms with Crippen molar-refractivity contribution in [2.75, 3.05) is 32.8 Å². The van der Waals surface area contributed by atoms with Crippen molar-refractivity contribution in [3.05, 3.63) is 29.3 Å². The molecule has 1 N–H and O–H groups in total. The molecule has 2 heterocycles. The minimum absolute atomic E-state index is 0.00672. The van der Waals surface area contributed by atoms with Crippen molar-refractivity contribution >= 4 is 11.8 Å². The Morgan fingerprint density at radius 2 is 1.84 bits per heavy atom. The molecule has 0 radical (unpaired) electrons. The molecule has 0 aliphatic carbocycles. The normalized spacial score (nSPS) is 21.0. The van der Waals surface area contributed by atoms with Gasteiger partial charge in [-0.2, -0.15) is 0 Å². The van der Waals surface area contributed by atoms with Crippen LogP contribution in [0.4, 0.5) is 0 Å². The molecule has 3 rings (SSSR count). The van der Waals surface area contributed by atoms with Crippen LogP contribution in [0.15, 0.2) is 18.2 Å². The van der Waals surface area contributed by atoms with E-state index in [1.807, 2.05) is 6.07 Å². The minimum Gasteiger partial charge on any atom is -0.507 e. The second-order valence-corrected chi connectivity index (χ2v) is 7.05. The third kappa shape index (κ3) is 3.79. The first kappa shape index (κ1) is 17.7. The van der Waals surface area contributed by atoms with E-state index in [-0.39, 0.29) is 29.6 Å². The van der Waals surface area contributed by atoms with Gasteiger partial charge >= 0.3 is 0 Å². The van der Waals surface area contributed by atoms with Gasteiger partial charge in [-0.05, 0) is 36.5 Å². The van der Waals surface area contributed by atoms with Crippen LogP contribution in [-0.4, -0.2) is 65.6 Å². The second-order valence-electron chi connectivity index (χ2n) is 7.05. The summed E-state index contributed by atoms with van der Waals surface area (Å²) in [6.07, 6.45) is 1.41. The Hall–Kier alpha value is -2.08. The van der Waals surface area contributed by atoms with Crippen molar-refractivity contribution in [3.8, 4) is 5.75 Å². The lowest BCUT2D eigenvalue weighted by Crippen LogP contribution is -2.52. The van der Waals surface area contributed by atoms with Crippen molar-refractivity contribution in [2.24, 2.45) is 0 Å². The SMILES string of the molecule is CC(C)c1ccc(O)c(C(=O)N2CCN(C(=O)[C@@H]3CCCO3)CC2)c1. The molecule has 1 aromatic carbocycles. The van der Waals surface area contributed by atoms with Gasteiger partial charge in [0.05, 0.1) is 5.56 Å². The first-order valence-electron chi connectivity index (χ1n) is 9.00. The van der Waals surface area contributed by atoms with Crippen LogP contribution in [-0.2, 0) is 9.53 Å². The summed E-state index contributed by atoms with van der Waals surface area (Å²) in [5, 5.41) is 10.1. The zero-order chi connectivity index (χ0) is 18.0. The fraction of sp³-hybridized carbons (Fsp3) is 0.579. The van der Waals surface area contributed by atoms with Gasteiger partial charge in [0, 0.05) is 32.8 Å². The summed E-state index contributed by atoms with van der Waals surface area (Å²) in [6, 6.07) is 5.20. The third-order valence-corrected chi connectivity index (χ3v) is 5.00. The highest BCUT2D eigenvalue weighted by Gasteiger charge is 2.32. The predicted octanol–water partition coefficient (Wildman–Crippen LogP) is 1.98. The van der Waals surface area contributed by atoms with Gasteiger partial charge in [0.1, 0.15) is 11.9 Å². The van der Waals surface area contributed by atoms with Gasteiger partial charge in [-0.15, -0.1) is 0 Å². The summed E-state index contributed by atoms with van der Waals surface area (Å²) in [5.41, 5.74) is 1.36. The second kappa shape index (κ2) is 7.44. The zero-order valence-electron chi connectivity index (χ0n) is 14.9. The molecule has 1 atom stereocenters. The molecule has 0 bridgehead atoms. The smallest absolute Gasteiger partial charge is 0.257 e. The van der Waals surface area contributed by atoms with Gasteiger partial charge in [0.15, 0.2) is 0 Å². The molecule has 0 saturated carbocycles. The summed E-state index contributed by atoms with van der Waals surface area (Å²) in [5.74, 6) is 0.152. The number of carbonyl (C=O) groups excluding carboxylic acids is 2. The predicted molar refractivity (Wildman–Crippen MR) is 93.7 cm³/mol. The fourth-order valence-corrected chi connectivity index (χ4v) is 3.36. The molecule has 1 aromatic rings. The highest BCUT2D eigenvalue weighted by atomic mass is 16.5. The number of hydrogen-bond acceptors (Lipinski definition) is 4. The summed E-state index contributed by atoms with van der Waals surface area (Å²) >= 11 is 0. The molecule has 2 aliphatic heterocycles. The number of carbonyl (C=O) groups is 2. The van der Waals surface area contributed by atoms with Crippen molar-refractivity contribution in [3.63, 3.8) is 0 Å². The van der Waals surface area contributed by atoms with Gasteiger partial charge in [-0.1, -0.05) is 19.9 Å². The Morgan fingerprint density at radius 3 is 2.44 bits per heavy atom. The Bertz CT molecular complexity index is 645. The molecule has 0 spiro atoms. The molecule has 136 valence electrons. The van der Waals surface area contributed by atoms with Gasteiger partial charge in [0.2, 0.25) is 0 Å². The van der Waals surface area contributed by atoms with E-state index in [0.29, 0.717) is 38.3 Å². The highest BCUT2D eigenvalue weighted by Crippen LogP contribution is 2.25. The maximum Gasteiger partial charge on any atom is 0.257 e.